The quantitative estimate of drug-likeness (QED) is 0.606. The predicted octanol–water partition coefficient (Wildman–Crippen LogP) is 3.49. The zero-order valence-electron chi connectivity index (χ0n) is 16.8. The topological polar surface area (TPSA) is 73.3 Å². The first kappa shape index (κ1) is 20.9. The van der Waals surface area contributed by atoms with Crippen molar-refractivity contribution in [1.82, 2.24) is 9.55 Å². The van der Waals surface area contributed by atoms with Gasteiger partial charge in [0.05, 0.1) is 12.2 Å². The second kappa shape index (κ2) is 7.29. The summed E-state index contributed by atoms with van der Waals surface area (Å²) in [4.78, 5) is 26.1. The molecule has 0 aliphatic carbocycles. The van der Waals surface area contributed by atoms with Crippen molar-refractivity contribution in [2.75, 3.05) is 6.61 Å². The molecule has 1 fully saturated rings. The van der Waals surface area contributed by atoms with Crippen LogP contribution in [0, 0.1) is 6.92 Å². The normalized spacial score (nSPS) is 24.0. The van der Waals surface area contributed by atoms with E-state index >= 15 is 0 Å². The molecule has 0 amide bonds. The van der Waals surface area contributed by atoms with Crippen LogP contribution < -0.4 is 11.2 Å². The van der Waals surface area contributed by atoms with Crippen molar-refractivity contribution >= 4 is 8.32 Å². The Labute approximate surface area is 156 Å². The number of rotatable bonds is 6. The van der Waals surface area contributed by atoms with E-state index in [4.69, 9.17) is 9.16 Å². The maximum atomic E-state index is 12.2. The smallest absolute Gasteiger partial charge is 0.330 e. The van der Waals surface area contributed by atoms with Crippen LogP contribution >= 0.6 is 0 Å². The Morgan fingerprint density at radius 2 is 2.12 bits per heavy atom. The lowest BCUT2D eigenvalue weighted by molar-refractivity contribution is -0.0945. The molecule has 2 atom stereocenters. The van der Waals surface area contributed by atoms with E-state index in [1.54, 1.807) is 13.1 Å². The fourth-order valence-electron chi connectivity index (χ4n) is 2.90. The number of hydrogen-bond donors (Lipinski definition) is 1. The summed E-state index contributed by atoms with van der Waals surface area (Å²) < 4.78 is 14.2. The van der Waals surface area contributed by atoms with Crippen LogP contribution in [0.4, 0.5) is 0 Å². The van der Waals surface area contributed by atoms with Crippen LogP contribution in [-0.4, -0.2) is 30.1 Å². The fraction of sp³-hybridized carbons (Fsp3) is 0.684. The van der Waals surface area contributed by atoms with Gasteiger partial charge in [-0.15, -0.1) is 6.58 Å². The van der Waals surface area contributed by atoms with Crippen molar-refractivity contribution in [1.29, 1.82) is 0 Å². The molecule has 1 aliphatic rings. The molecule has 2 heterocycles. The highest BCUT2D eigenvalue weighted by Gasteiger charge is 2.44. The molecule has 1 aliphatic heterocycles. The molecule has 1 N–H and O–H groups in total. The second-order valence-corrected chi connectivity index (χ2v) is 13.6. The Kier molecular flexibility index (Phi) is 5.85. The lowest BCUT2D eigenvalue weighted by Crippen LogP contribution is -2.46. The van der Waals surface area contributed by atoms with Gasteiger partial charge < -0.3 is 9.16 Å². The Balaban J connectivity index is 2.22. The summed E-state index contributed by atoms with van der Waals surface area (Å²) in [6.07, 6.45) is 5.15. The summed E-state index contributed by atoms with van der Waals surface area (Å²) in [6, 6.07) is 0. The SMILES string of the molecule is C=CC[C@@]1(CO[Si](C)(C)C(C)(C)C)CC[C@H](n2cc(C)c(=O)[nH]c2=O)O1. The van der Waals surface area contributed by atoms with Crippen LogP contribution in [0.25, 0.3) is 0 Å². The lowest BCUT2D eigenvalue weighted by atomic mass is 9.97. The molecular weight excluding hydrogens is 348 g/mol. The van der Waals surface area contributed by atoms with E-state index in [1.165, 1.54) is 4.57 Å². The van der Waals surface area contributed by atoms with Crippen molar-refractivity contribution in [2.24, 2.45) is 0 Å². The van der Waals surface area contributed by atoms with Gasteiger partial charge in [-0.2, -0.15) is 0 Å². The molecule has 0 saturated carbocycles. The van der Waals surface area contributed by atoms with Crippen molar-refractivity contribution in [2.45, 2.75) is 76.9 Å². The third kappa shape index (κ3) is 4.27. The van der Waals surface area contributed by atoms with Crippen LogP contribution in [-0.2, 0) is 9.16 Å². The summed E-state index contributed by atoms with van der Waals surface area (Å²) >= 11 is 0. The maximum Gasteiger partial charge on any atom is 0.330 e. The van der Waals surface area contributed by atoms with Crippen LogP contribution in [0.2, 0.25) is 18.1 Å². The largest absolute Gasteiger partial charge is 0.414 e. The van der Waals surface area contributed by atoms with Gasteiger partial charge in [0.1, 0.15) is 6.23 Å². The number of nitrogens with one attached hydrogen (secondary N) is 1. The van der Waals surface area contributed by atoms with Gasteiger partial charge in [-0.1, -0.05) is 26.8 Å². The van der Waals surface area contributed by atoms with Gasteiger partial charge in [-0.05, 0) is 44.3 Å². The highest BCUT2D eigenvalue weighted by Crippen LogP contribution is 2.42. The first-order valence-electron chi connectivity index (χ1n) is 9.15. The Morgan fingerprint density at radius 3 is 2.69 bits per heavy atom. The van der Waals surface area contributed by atoms with Crippen molar-refractivity contribution in [3.63, 3.8) is 0 Å². The minimum absolute atomic E-state index is 0.118. The van der Waals surface area contributed by atoms with Gasteiger partial charge in [0.2, 0.25) is 0 Å². The zero-order valence-corrected chi connectivity index (χ0v) is 17.8. The lowest BCUT2D eigenvalue weighted by Gasteiger charge is -2.39. The van der Waals surface area contributed by atoms with Crippen LogP contribution in [0.3, 0.4) is 0 Å². The first-order valence-corrected chi connectivity index (χ1v) is 12.1. The molecule has 0 spiro atoms. The standard InChI is InChI=1S/C19H32N2O4Si/c1-8-10-19(13-24-26(6,7)18(3,4)5)11-9-15(25-19)21-12-14(2)16(22)20-17(21)23/h8,12,15H,1,9-11,13H2,2-7H3,(H,20,22,23)/t15-,19+/m1/s1. The van der Waals surface area contributed by atoms with Gasteiger partial charge in [0.25, 0.3) is 5.56 Å². The molecule has 1 aromatic rings. The van der Waals surface area contributed by atoms with E-state index in [0.29, 0.717) is 25.0 Å². The third-order valence-corrected chi connectivity index (χ3v) is 10.2. The molecule has 1 aromatic heterocycles. The van der Waals surface area contributed by atoms with Gasteiger partial charge in [-0.3, -0.25) is 14.3 Å². The van der Waals surface area contributed by atoms with Gasteiger partial charge >= 0.3 is 5.69 Å². The van der Waals surface area contributed by atoms with Gasteiger partial charge in [0.15, 0.2) is 8.32 Å². The third-order valence-electron chi connectivity index (χ3n) is 5.71. The predicted molar refractivity (Wildman–Crippen MR) is 106 cm³/mol. The zero-order chi connectivity index (χ0) is 19.8. The van der Waals surface area contributed by atoms with E-state index < -0.39 is 25.8 Å². The van der Waals surface area contributed by atoms with Crippen molar-refractivity contribution < 1.29 is 9.16 Å². The molecule has 1 saturated heterocycles. The molecule has 146 valence electrons. The number of hydrogen-bond acceptors (Lipinski definition) is 4. The minimum Gasteiger partial charge on any atom is -0.414 e. The van der Waals surface area contributed by atoms with Gasteiger partial charge in [-0.25, -0.2) is 4.79 Å². The minimum atomic E-state index is -1.91. The van der Waals surface area contributed by atoms with E-state index in [2.05, 4.69) is 45.4 Å². The van der Waals surface area contributed by atoms with Crippen molar-refractivity contribution in [3.05, 3.63) is 45.3 Å². The summed E-state index contributed by atoms with van der Waals surface area (Å²) in [5, 5.41) is 0.118. The highest BCUT2D eigenvalue weighted by molar-refractivity contribution is 6.74. The number of aromatic amines is 1. The number of aromatic nitrogens is 2. The maximum absolute atomic E-state index is 12.2. The molecule has 0 aromatic carbocycles. The average Bonchev–Trinajstić information content (AvgIpc) is 2.93. The monoisotopic (exact) mass is 380 g/mol. The number of aryl methyl sites for hydroxylation is 1. The van der Waals surface area contributed by atoms with Crippen LogP contribution in [0.5, 0.6) is 0 Å². The molecule has 0 unspecified atom stereocenters. The van der Waals surface area contributed by atoms with Crippen LogP contribution in [0.15, 0.2) is 28.4 Å². The molecule has 7 heteroatoms. The Hall–Kier alpha value is -1.44. The molecule has 0 radical (unpaired) electrons. The number of nitrogens with zero attached hydrogens (tertiary/aromatic N) is 1. The van der Waals surface area contributed by atoms with E-state index in [0.717, 1.165) is 6.42 Å². The van der Waals surface area contributed by atoms with Gasteiger partial charge in [0, 0.05) is 11.8 Å². The summed E-state index contributed by atoms with van der Waals surface area (Å²) in [5.74, 6) is 0. The molecule has 26 heavy (non-hydrogen) atoms. The summed E-state index contributed by atoms with van der Waals surface area (Å²) in [7, 11) is -1.91. The molecule has 6 nitrogen and oxygen atoms in total. The number of ether oxygens (including phenoxy) is 1. The summed E-state index contributed by atoms with van der Waals surface area (Å²) in [5.41, 5.74) is -0.786. The Bertz CT molecular complexity index is 775. The molecule has 0 bridgehead atoms. The second-order valence-electron chi connectivity index (χ2n) is 8.81. The van der Waals surface area contributed by atoms with Crippen LogP contribution in [0.1, 0.15) is 51.8 Å². The molecule has 2 rings (SSSR count). The first-order chi connectivity index (χ1) is 11.9. The van der Waals surface area contributed by atoms with E-state index in [-0.39, 0.29) is 10.6 Å². The van der Waals surface area contributed by atoms with E-state index in [9.17, 15) is 9.59 Å². The average molecular weight is 381 g/mol. The Morgan fingerprint density at radius 1 is 1.46 bits per heavy atom. The number of H-pyrrole nitrogens is 1. The highest BCUT2D eigenvalue weighted by atomic mass is 28.4. The fourth-order valence-corrected chi connectivity index (χ4v) is 3.95. The van der Waals surface area contributed by atoms with E-state index in [1.807, 2.05) is 6.08 Å². The van der Waals surface area contributed by atoms with Crippen molar-refractivity contribution in [3.8, 4) is 0 Å². The molecular formula is C19H32N2O4Si. The summed E-state index contributed by atoms with van der Waals surface area (Å²) in [6.45, 7) is 17.1.